The molecule has 1 fully saturated rings. The summed E-state index contributed by atoms with van der Waals surface area (Å²) < 4.78 is 45.4. The van der Waals surface area contributed by atoms with Gasteiger partial charge in [0, 0.05) is 6.04 Å². The van der Waals surface area contributed by atoms with E-state index in [4.69, 9.17) is 5.14 Å². The number of rotatable bonds is 2. The molecule has 2 atom stereocenters. The third-order valence-electron chi connectivity index (χ3n) is 1.95. The Kier molecular flexibility index (Phi) is 2.68. The van der Waals surface area contributed by atoms with Crippen LogP contribution in [0.3, 0.4) is 0 Å². The first-order valence-corrected chi connectivity index (χ1v) is 7.07. The molecule has 0 unspecified atom stereocenters. The van der Waals surface area contributed by atoms with Crippen molar-refractivity contribution in [2.24, 2.45) is 11.1 Å². The second kappa shape index (κ2) is 3.19. The first kappa shape index (κ1) is 10.9. The van der Waals surface area contributed by atoms with Gasteiger partial charge in [0.05, 0.1) is 11.5 Å². The predicted octanol–water partition coefficient (Wildman–Crippen LogP) is -1.79. The van der Waals surface area contributed by atoms with Crippen molar-refractivity contribution < 1.29 is 16.8 Å². The standard InChI is InChI=1S/C5H12N2O4S2/c1-4-2-12(8,9)3-5(4)7-13(6,10)11/h4-5,7H,2-3H2,1H3,(H2,6,10,11)/t4-,5+/m0/s1. The lowest BCUT2D eigenvalue weighted by molar-refractivity contribution is 0.503. The fourth-order valence-electron chi connectivity index (χ4n) is 1.38. The van der Waals surface area contributed by atoms with Crippen molar-refractivity contribution in [3.05, 3.63) is 0 Å². The molecule has 0 amide bonds. The zero-order chi connectivity index (χ0) is 10.3. The molecule has 13 heavy (non-hydrogen) atoms. The summed E-state index contributed by atoms with van der Waals surface area (Å²) in [6.07, 6.45) is 0. The van der Waals surface area contributed by atoms with Crippen LogP contribution in [0, 0.1) is 5.92 Å². The van der Waals surface area contributed by atoms with Crippen LogP contribution in [0.4, 0.5) is 0 Å². The Morgan fingerprint density at radius 3 is 2.23 bits per heavy atom. The third-order valence-corrected chi connectivity index (χ3v) is 4.48. The first-order valence-electron chi connectivity index (χ1n) is 3.70. The Bertz CT molecular complexity index is 385. The van der Waals surface area contributed by atoms with Gasteiger partial charge in [0.25, 0.3) is 10.2 Å². The van der Waals surface area contributed by atoms with Crippen LogP contribution in [0.2, 0.25) is 0 Å². The Balaban J connectivity index is 2.76. The van der Waals surface area contributed by atoms with Crippen molar-refractivity contribution >= 4 is 20.0 Å². The zero-order valence-electron chi connectivity index (χ0n) is 7.10. The van der Waals surface area contributed by atoms with E-state index in [-0.39, 0.29) is 17.4 Å². The SMILES string of the molecule is C[C@H]1CS(=O)(=O)C[C@H]1NS(N)(=O)=O. The Hall–Kier alpha value is -0.180. The van der Waals surface area contributed by atoms with E-state index in [9.17, 15) is 16.8 Å². The predicted molar refractivity (Wildman–Crippen MR) is 47.8 cm³/mol. The number of sulfone groups is 1. The van der Waals surface area contributed by atoms with E-state index >= 15 is 0 Å². The maximum Gasteiger partial charge on any atom is 0.274 e. The van der Waals surface area contributed by atoms with E-state index in [1.807, 2.05) is 0 Å². The van der Waals surface area contributed by atoms with Gasteiger partial charge in [-0.2, -0.15) is 13.1 Å². The minimum absolute atomic E-state index is 0.0141. The summed E-state index contributed by atoms with van der Waals surface area (Å²) in [5, 5.41) is 4.73. The first-order chi connectivity index (χ1) is 5.70. The van der Waals surface area contributed by atoms with Crippen LogP contribution in [-0.4, -0.2) is 34.4 Å². The van der Waals surface area contributed by atoms with Crippen molar-refractivity contribution in [1.29, 1.82) is 0 Å². The zero-order valence-corrected chi connectivity index (χ0v) is 8.73. The van der Waals surface area contributed by atoms with Crippen molar-refractivity contribution in [3.63, 3.8) is 0 Å². The van der Waals surface area contributed by atoms with Crippen molar-refractivity contribution in [2.45, 2.75) is 13.0 Å². The highest BCUT2D eigenvalue weighted by Gasteiger charge is 2.36. The van der Waals surface area contributed by atoms with E-state index in [0.29, 0.717) is 0 Å². The molecular formula is C5H12N2O4S2. The number of hydrogen-bond donors (Lipinski definition) is 2. The largest absolute Gasteiger partial charge is 0.274 e. The van der Waals surface area contributed by atoms with Gasteiger partial charge < -0.3 is 0 Å². The molecule has 0 aromatic carbocycles. The van der Waals surface area contributed by atoms with Gasteiger partial charge in [-0.05, 0) is 5.92 Å². The molecule has 1 aliphatic heterocycles. The molecule has 0 saturated carbocycles. The molecule has 6 nitrogen and oxygen atoms in total. The molecule has 0 aromatic rings. The number of nitrogens with two attached hydrogens (primary N) is 1. The minimum atomic E-state index is -3.81. The van der Waals surface area contributed by atoms with Gasteiger partial charge in [-0.25, -0.2) is 13.6 Å². The van der Waals surface area contributed by atoms with E-state index in [0.717, 1.165) is 0 Å². The van der Waals surface area contributed by atoms with E-state index < -0.39 is 26.1 Å². The summed E-state index contributed by atoms with van der Waals surface area (Å²) >= 11 is 0. The monoisotopic (exact) mass is 228 g/mol. The molecule has 78 valence electrons. The Morgan fingerprint density at radius 2 is 1.92 bits per heavy atom. The molecule has 1 aliphatic rings. The van der Waals surface area contributed by atoms with Crippen LogP contribution < -0.4 is 9.86 Å². The van der Waals surface area contributed by atoms with E-state index in [1.165, 1.54) is 0 Å². The van der Waals surface area contributed by atoms with Crippen LogP contribution in [-0.2, 0) is 20.0 Å². The average molecular weight is 228 g/mol. The van der Waals surface area contributed by atoms with E-state index in [1.54, 1.807) is 6.92 Å². The number of nitrogens with one attached hydrogen (secondary N) is 1. The fraction of sp³-hybridized carbons (Fsp3) is 1.00. The molecular weight excluding hydrogens is 216 g/mol. The summed E-state index contributed by atoms with van der Waals surface area (Å²) in [4.78, 5) is 0. The smallest absolute Gasteiger partial charge is 0.229 e. The fourth-order valence-corrected chi connectivity index (χ4v) is 4.36. The molecule has 0 spiro atoms. The maximum atomic E-state index is 11.1. The second-order valence-electron chi connectivity index (χ2n) is 3.32. The lowest BCUT2D eigenvalue weighted by Crippen LogP contribution is -2.42. The highest BCUT2D eigenvalue weighted by atomic mass is 32.2. The summed E-state index contributed by atoms with van der Waals surface area (Å²) in [6, 6.07) is -0.583. The van der Waals surface area contributed by atoms with Gasteiger partial charge >= 0.3 is 0 Å². The van der Waals surface area contributed by atoms with Gasteiger partial charge in [-0.15, -0.1) is 0 Å². The lowest BCUT2D eigenvalue weighted by atomic mass is 10.1. The normalized spacial score (nSPS) is 33.4. The van der Waals surface area contributed by atoms with Crippen LogP contribution >= 0.6 is 0 Å². The quantitative estimate of drug-likeness (QED) is 0.582. The molecule has 0 radical (unpaired) electrons. The van der Waals surface area contributed by atoms with E-state index in [2.05, 4.69) is 4.72 Å². The van der Waals surface area contributed by atoms with Crippen LogP contribution in [0.1, 0.15) is 6.92 Å². The summed E-state index contributed by atoms with van der Waals surface area (Å²) in [5.41, 5.74) is 0. The Labute approximate surface area is 77.6 Å². The van der Waals surface area contributed by atoms with Gasteiger partial charge in [-0.3, -0.25) is 0 Å². The molecule has 3 N–H and O–H groups in total. The van der Waals surface area contributed by atoms with Crippen LogP contribution in [0.15, 0.2) is 0 Å². The Morgan fingerprint density at radius 1 is 1.38 bits per heavy atom. The minimum Gasteiger partial charge on any atom is -0.229 e. The molecule has 0 aromatic heterocycles. The molecule has 0 bridgehead atoms. The summed E-state index contributed by atoms with van der Waals surface area (Å²) in [5.74, 6) is -0.367. The lowest BCUT2D eigenvalue weighted by Gasteiger charge is -2.12. The van der Waals surface area contributed by atoms with Crippen molar-refractivity contribution in [2.75, 3.05) is 11.5 Å². The van der Waals surface area contributed by atoms with Gasteiger partial charge in [0.1, 0.15) is 0 Å². The third kappa shape index (κ3) is 3.22. The second-order valence-corrected chi connectivity index (χ2v) is 6.80. The van der Waals surface area contributed by atoms with Gasteiger partial charge in [-0.1, -0.05) is 6.92 Å². The highest BCUT2D eigenvalue weighted by molar-refractivity contribution is 7.91. The average Bonchev–Trinajstić information content (AvgIpc) is 2.00. The molecule has 0 aliphatic carbocycles. The van der Waals surface area contributed by atoms with Crippen molar-refractivity contribution in [3.8, 4) is 0 Å². The van der Waals surface area contributed by atoms with Crippen molar-refractivity contribution in [1.82, 2.24) is 4.72 Å². The molecule has 8 heteroatoms. The topological polar surface area (TPSA) is 106 Å². The van der Waals surface area contributed by atoms with Gasteiger partial charge in [0.2, 0.25) is 0 Å². The summed E-state index contributed by atoms with van der Waals surface area (Å²) in [6.45, 7) is 1.67. The number of hydrogen-bond acceptors (Lipinski definition) is 4. The molecule has 1 heterocycles. The maximum absolute atomic E-state index is 11.1. The molecule has 1 saturated heterocycles. The van der Waals surface area contributed by atoms with Gasteiger partial charge in [0.15, 0.2) is 9.84 Å². The highest BCUT2D eigenvalue weighted by Crippen LogP contribution is 2.18. The van der Waals surface area contributed by atoms with Crippen LogP contribution in [0.25, 0.3) is 0 Å². The summed E-state index contributed by atoms with van der Waals surface area (Å²) in [7, 11) is -6.90. The molecule has 1 rings (SSSR count). The van der Waals surface area contributed by atoms with Crippen LogP contribution in [0.5, 0.6) is 0 Å².